The average Bonchev–Trinajstić information content (AvgIpc) is 3.38. The fourth-order valence-electron chi connectivity index (χ4n) is 3.48. The molecule has 0 spiro atoms. The molecular formula is C25H21N5O5. The second kappa shape index (κ2) is 10.4. The topological polar surface area (TPSA) is 136 Å². The molecule has 0 saturated heterocycles. The molecule has 2 aromatic carbocycles. The van der Waals surface area contributed by atoms with Gasteiger partial charge in [-0.25, -0.2) is 14.3 Å². The van der Waals surface area contributed by atoms with E-state index in [1.54, 1.807) is 30.5 Å². The highest BCUT2D eigenvalue weighted by Gasteiger charge is 2.25. The van der Waals surface area contributed by atoms with Gasteiger partial charge in [-0.2, -0.15) is 0 Å². The van der Waals surface area contributed by atoms with E-state index in [-0.39, 0.29) is 17.7 Å². The predicted octanol–water partition coefficient (Wildman–Crippen LogP) is 2.54. The van der Waals surface area contributed by atoms with E-state index in [0.717, 1.165) is 5.56 Å². The summed E-state index contributed by atoms with van der Waals surface area (Å²) in [5.41, 5.74) is 2.47. The van der Waals surface area contributed by atoms with Crippen molar-refractivity contribution in [1.29, 1.82) is 0 Å². The fraction of sp³-hybridized carbons (Fsp3) is 0.120. The minimum atomic E-state index is -1.03. The largest absolute Gasteiger partial charge is 0.478 e. The number of carboxylic acid groups (broad SMARTS) is 1. The Labute approximate surface area is 200 Å². The Bertz CT molecular complexity index is 1350. The number of hydrogen-bond acceptors (Lipinski definition) is 7. The Morgan fingerprint density at radius 2 is 1.77 bits per heavy atom. The van der Waals surface area contributed by atoms with E-state index in [9.17, 15) is 14.4 Å². The van der Waals surface area contributed by atoms with Gasteiger partial charge < -0.3 is 15.2 Å². The zero-order valence-electron chi connectivity index (χ0n) is 18.7. The number of esters is 1. The molecule has 4 aromatic rings. The minimum Gasteiger partial charge on any atom is -0.478 e. The lowest BCUT2D eigenvalue weighted by molar-refractivity contribution is -0.142. The smallest absolute Gasteiger partial charge is 0.335 e. The summed E-state index contributed by atoms with van der Waals surface area (Å²) in [6.07, 6.45) is 3.33. The molecule has 2 heterocycles. The van der Waals surface area contributed by atoms with Crippen LogP contribution in [0.1, 0.15) is 26.4 Å². The van der Waals surface area contributed by atoms with E-state index in [0.29, 0.717) is 16.9 Å². The number of carbonyl (C=O) groups is 3. The van der Waals surface area contributed by atoms with Crippen LogP contribution >= 0.6 is 0 Å². The summed E-state index contributed by atoms with van der Waals surface area (Å²) in [5.74, 6) is -2.16. The van der Waals surface area contributed by atoms with Crippen molar-refractivity contribution >= 4 is 17.8 Å². The standard InChI is InChI=1S/C25H21N5O5/c1-35-25(34)20(14-16-6-3-2-4-7-16)27-23(31)22-19(8-5-13-26-22)21-15-30(29-28-21)18-11-9-17(10-12-18)24(32)33/h2-13,15,20H,14H2,1H3,(H,27,31)(H,32,33). The first-order chi connectivity index (χ1) is 17.0. The number of methoxy groups -OCH3 is 1. The molecule has 2 aromatic heterocycles. The number of aromatic nitrogens is 4. The van der Waals surface area contributed by atoms with Crippen molar-refractivity contribution in [2.75, 3.05) is 7.11 Å². The number of nitrogens with zero attached hydrogens (tertiary/aromatic N) is 4. The van der Waals surface area contributed by atoms with Crippen LogP contribution in [-0.2, 0) is 16.0 Å². The third kappa shape index (κ3) is 5.38. The highest BCUT2D eigenvalue weighted by Crippen LogP contribution is 2.21. The molecule has 0 radical (unpaired) electrons. The van der Waals surface area contributed by atoms with Crippen molar-refractivity contribution in [3.63, 3.8) is 0 Å². The molecule has 0 saturated carbocycles. The maximum Gasteiger partial charge on any atom is 0.335 e. The molecule has 2 N–H and O–H groups in total. The first-order valence-corrected chi connectivity index (χ1v) is 10.6. The van der Waals surface area contributed by atoms with Crippen molar-refractivity contribution in [1.82, 2.24) is 25.3 Å². The molecule has 0 fully saturated rings. The lowest BCUT2D eigenvalue weighted by Crippen LogP contribution is -2.43. The van der Waals surface area contributed by atoms with Crippen LogP contribution in [0.25, 0.3) is 16.9 Å². The molecule has 1 amide bonds. The summed E-state index contributed by atoms with van der Waals surface area (Å²) in [4.78, 5) is 40.8. The van der Waals surface area contributed by atoms with Crippen molar-refractivity contribution in [2.45, 2.75) is 12.5 Å². The molecule has 0 bridgehead atoms. The van der Waals surface area contributed by atoms with Crippen molar-refractivity contribution < 1.29 is 24.2 Å². The highest BCUT2D eigenvalue weighted by molar-refractivity contribution is 6.00. The third-order valence-corrected chi connectivity index (χ3v) is 5.24. The van der Waals surface area contributed by atoms with E-state index in [1.807, 2.05) is 30.3 Å². The quantitative estimate of drug-likeness (QED) is 0.374. The zero-order chi connectivity index (χ0) is 24.8. The maximum atomic E-state index is 13.1. The van der Waals surface area contributed by atoms with Crippen LogP contribution in [0.3, 0.4) is 0 Å². The van der Waals surface area contributed by atoms with Crippen LogP contribution in [0.4, 0.5) is 0 Å². The molecule has 35 heavy (non-hydrogen) atoms. The van der Waals surface area contributed by atoms with E-state index < -0.39 is 23.9 Å². The highest BCUT2D eigenvalue weighted by atomic mass is 16.5. The van der Waals surface area contributed by atoms with E-state index in [1.165, 1.54) is 30.1 Å². The molecule has 176 valence electrons. The number of hydrogen-bond donors (Lipinski definition) is 2. The number of carboxylic acids is 1. The number of amides is 1. The average molecular weight is 471 g/mol. The first-order valence-electron chi connectivity index (χ1n) is 10.6. The summed E-state index contributed by atoms with van der Waals surface area (Å²) >= 11 is 0. The van der Waals surface area contributed by atoms with Crippen LogP contribution in [0.2, 0.25) is 0 Å². The van der Waals surface area contributed by atoms with Gasteiger partial charge in [0.15, 0.2) is 0 Å². The van der Waals surface area contributed by atoms with Gasteiger partial charge in [0.2, 0.25) is 0 Å². The predicted molar refractivity (Wildman–Crippen MR) is 125 cm³/mol. The van der Waals surface area contributed by atoms with Crippen molar-refractivity contribution in [3.8, 4) is 16.9 Å². The number of rotatable bonds is 8. The molecule has 1 unspecified atom stereocenters. The van der Waals surface area contributed by atoms with Gasteiger partial charge in [-0.1, -0.05) is 35.5 Å². The molecule has 10 heteroatoms. The summed E-state index contributed by atoms with van der Waals surface area (Å²) < 4.78 is 6.34. The summed E-state index contributed by atoms with van der Waals surface area (Å²) in [7, 11) is 1.26. The van der Waals surface area contributed by atoms with Gasteiger partial charge in [-0.15, -0.1) is 5.10 Å². The number of carbonyl (C=O) groups excluding carboxylic acids is 2. The van der Waals surface area contributed by atoms with Gasteiger partial charge in [-0.05, 0) is 42.0 Å². The zero-order valence-corrected chi connectivity index (χ0v) is 18.7. The SMILES string of the molecule is COC(=O)C(Cc1ccccc1)NC(=O)c1ncccc1-c1cn(-c2ccc(C(=O)O)cc2)nn1. The Morgan fingerprint density at radius 3 is 2.46 bits per heavy atom. The van der Waals surface area contributed by atoms with Crippen LogP contribution < -0.4 is 5.32 Å². The van der Waals surface area contributed by atoms with Gasteiger partial charge in [0.1, 0.15) is 17.4 Å². The molecule has 0 aliphatic rings. The number of benzene rings is 2. The van der Waals surface area contributed by atoms with Crippen LogP contribution in [0, 0.1) is 0 Å². The molecule has 10 nitrogen and oxygen atoms in total. The second-order valence-electron chi connectivity index (χ2n) is 7.54. The second-order valence-corrected chi connectivity index (χ2v) is 7.54. The van der Waals surface area contributed by atoms with Crippen molar-refractivity contribution in [2.24, 2.45) is 0 Å². The lowest BCUT2D eigenvalue weighted by Gasteiger charge is -2.17. The molecule has 0 aliphatic heterocycles. The van der Waals surface area contributed by atoms with Gasteiger partial charge in [0, 0.05) is 18.2 Å². The number of pyridine rings is 1. The molecule has 0 aliphatic carbocycles. The summed E-state index contributed by atoms with van der Waals surface area (Å²) in [6.45, 7) is 0. The fourth-order valence-corrected chi connectivity index (χ4v) is 3.48. The third-order valence-electron chi connectivity index (χ3n) is 5.24. The van der Waals surface area contributed by atoms with Gasteiger partial charge in [0.05, 0.1) is 24.6 Å². The normalized spacial score (nSPS) is 11.5. The van der Waals surface area contributed by atoms with E-state index >= 15 is 0 Å². The first kappa shape index (κ1) is 23.3. The summed E-state index contributed by atoms with van der Waals surface area (Å²) in [6, 6.07) is 17.8. The van der Waals surface area contributed by atoms with Crippen molar-refractivity contribution in [3.05, 3.63) is 95.9 Å². The number of aromatic carboxylic acids is 1. The molecule has 1 atom stereocenters. The Hall–Kier alpha value is -4.86. The number of nitrogens with one attached hydrogen (secondary N) is 1. The van der Waals surface area contributed by atoms with Crippen LogP contribution in [-0.4, -0.2) is 56.1 Å². The van der Waals surface area contributed by atoms with E-state index in [4.69, 9.17) is 9.84 Å². The minimum absolute atomic E-state index is 0.0720. The molecule has 4 rings (SSSR count). The van der Waals surface area contributed by atoms with Gasteiger partial charge >= 0.3 is 11.9 Å². The monoisotopic (exact) mass is 471 g/mol. The van der Waals surface area contributed by atoms with E-state index in [2.05, 4.69) is 20.6 Å². The maximum absolute atomic E-state index is 13.1. The van der Waals surface area contributed by atoms with Gasteiger partial charge in [0.25, 0.3) is 5.91 Å². The Kier molecular flexibility index (Phi) is 6.91. The van der Waals surface area contributed by atoms with Crippen LogP contribution in [0.5, 0.6) is 0 Å². The van der Waals surface area contributed by atoms with Gasteiger partial charge in [-0.3, -0.25) is 9.78 Å². The Morgan fingerprint density at radius 1 is 1.03 bits per heavy atom. The lowest BCUT2D eigenvalue weighted by atomic mass is 10.0. The Balaban J connectivity index is 1.58. The summed E-state index contributed by atoms with van der Waals surface area (Å²) in [5, 5.41) is 20.0. The molecular weight excluding hydrogens is 450 g/mol. The number of ether oxygens (including phenoxy) is 1. The van der Waals surface area contributed by atoms with Crippen LogP contribution in [0.15, 0.2) is 79.1 Å².